The van der Waals surface area contributed by atoms with Crippen LogP contribution in [0.15, 0.2) is 0 Å². The molecule has 2 rings (SSSR count). The van der Waals surface area contributed by atoms with Crippen LogP contribution in [0.4, 0.5) is 0 Å². The van der Waals surface area contributed by atoms with Gasteiger partial charge >= 0.3 is 5.97 Å². The maximum Gasteiger partial charge on any atom is 0.326 e. The normalized spacial score (nSPS) is 36.2. The Hall–Kier alpha value is -0.610. The molecule has 0 amide bonds. The first-order chi connectivity index (χ1) is 7.71. The Bertz CT molecular complexity index is 264. The molecule has 2 fully saturated rings. The molecule has 0 aromatic carbocycles. The summed E-state index contributed by atoms with van der Waals surface area (Å²) in [6, 6.07) is 0. The van der Waals surface area contributed by atoms with Crippen molar-refractivity contribution in [3.8, 4) is 0 Å². The van der Waals surface area contributed by atoms with E-state index in [4.69, 9.17) is 4.74 Å². The molecule has 2 aliphatic rings. The molecule has 1 saturated heterocycles. The van der Waals surface area contributed by atoms with Gasteiger partial charge in [0.15, 0.2) is 0 Å². The number of hydrogen-bond acceptors (Lipinski definition) is 4. The van der Waals surface area contributed by atoms with Gasteiger partial charge in [-0.25, -0.2) is 0 Å². The van der Waals surface area contributed by atoms with Crippen LogP contribution in [0.5, 0.6) is 0 Å². The second kappa shape index (κ2) is 4.72. The van der Waals surface area contributed by atoms with Crippen LogP contribution >= 0.6 is 0 Å². The third kappa shape index (κ3) is 1.74. The first-order valence-corrected chi connectivity index (χ1v) is 6.26. The highest BCUT2D eigenvalue weighted by atomic mass is 16.5. The van der Waals surface area contributed by atoms with Gasteiger partial charge in [-0.05, 0) is 18.8 Å². The van der Waals surface area contributed by atoms with Crippen molar-refractivity contribution in [3.05, 3.63) is 0 Å². The number of piperazine rings is 1. The van der Waals surface area contributed by atoms with Gasteiger partial charge in [-0.3, -0.25) is 9.69 Å². The first kappa shape index (κ1) is 11.9. The predicted molar refractivity (Wildman–Crippen MR) is 62.2 cm³/mol. The number of hydrogen-bond donors (Lipinski definition) is 1. The number of nitrogens with one attached hydrogen (secondary N) is 1. The zero-order valence-corrected chi connectivity index (χ0v) is 10.3. The number of methoxy groups -OCH3 is 1. The molecule has 1 aliphatic carbocycles. The van der Waals surface area contributed by atoms with Gasteiger partial charge in [-0.2, -0.15) is 0 Å². The summed E-state index contributed by atoms with van der Waals surface area (Å²) < 4.78 is 5.06. The molecule has 92 valence electrons. The maximum absolute atomic E-state index is 12.2. The van der Waals surface area contributed by atoms with E-state index in [2.05, 4.69) is 17.1 Å². The van der Waals surface area contributed by atoms with E-state index in [-0.39, 0.29) is 11.5 Å². The van der Waals surface area contributed by atoms with E-state index in [1.807, 2.05) is 0 Å². The van der Waals surface area contributed by atoms with E-state index < -0.39 is 0 Å². The summed E-state index contributed by atoms with van der Waals surface area (Å²) in [5, 5.41) is 3.33. The summed E-state index contributed by atoms with van der Waals surface area (Å²) in [5.74, 6) is 0.387. The number of nitrogens with zero attached hydrogens (tertiary/aromatic N) is 1. The van der Waals surface area contributed by atoms with Crippen molar-refractivity contribution in [1.29, 1.82) is 0 Å². The molecule has 1 heterocycles. The Morgan fingerprint density at radius 1 is 1.44 bits per heavy atom. The summed E-state index contributed by atoms with van der Waals surface area (Å²) in [4.78, 5) is 14.5. The van der Waals surface area contributed by atoms with Gasteiger partial charge in [0, 0.05) is 26.2 Å². The standard InChI is InChI=1S/C12H22N2O2/c1-10-4-3-5-12(10,11(15)16-2)14-8-6-13-7-9-14/h10,13H,3-9H2,1-2H3. The molecule has 1 N–H and O–H groups in total. The minimum absolute atomic E-state index is 0.0283. The van der Waals surface area contributed by atoms with Gasteiger partial charge in [0.05, 0.1) is 7.11 Å². The average molecular weight is 226 g/mol. The summed E-state index contributed by atoms with van der Waals surface area (Å²) in [6.07, 6.45) is 3.24. The van der Waals surface area contributed by atoms with Gasteiger partial charge < -0.3 is 10.1 Å². The molecule has 0 aromatic rings. The molecule has 0 spiro atoms. The molecule has 0 radical (unpaired) electrons. The third-order valence-corrected chi connectivity index (χ3v) is 4.23. The van der Waals surface area contributed by atoms with Crippen LogP contribution in [0, 0.1) is 5.92 Å². The van der Waals surface area contributed by atoms with Crippen molar-refractivity contribution >= 4 is 5.97 Å². The fourth-order valence-electron chi connectivity index (χ4n) is 3.31. The second-order valence-electron chi connectivity index (χ2n) is 4.95. The number of ether oxygens (including phenoxy) is 1. The average Bonchev–Trinajstić information content (AvgIpc) is 2.72. The Morgan fingerprint density at radius 2 is 2.12 bits per heavy atom. The largest absolute Gasteiger partial charge is 0.468 e. The number of carbonyl (C=O) groups is 1. The lowest BCUT2D eigenvalue weighted by Gasteiger charge is -2.44. The smallest absolute Gasteiger partial charge is 0.326 e. The van der Waals surface area contributed by atoms with Crippen LogP contribution < -0.4 is 5.32 Å². The fourth-order valence-corrected chi connectivity index (χ4v) is 3.31. The van der Waals surface area contributed by atoms with E-state index in [0.29, 0.717) is 5.92 Å². The maximum atomic E-state index is 12.2. The highest BCUT2D eigenvalue weighted by Gasteiger charge is 2.52. The van der Waals surface area contributed by atoms with Crippen LogP contribution in [0.3, 0.4) is 0 Å². The lowest BCUT2D eigenvalue weighted by molar-refractivity contribution is -0.158. The van der Waals surface area contributed by atoms with E-state index >= 15 is 0 Å². The molecule has 1 saturated carbocycles. The summed E-state index contributed by atoms with van der Waals surface area (Å²) in [5.41, 5.74) is -0.336. The lowest BCUT2D eigenvalue weighted by Crippen LogP contribution is -2.61. The predicted octanol–water partition coefficient (Wildman–Crippen LogP) is 0.623. The molecule has 2 atom stereocenters. The monoisotopic (exact) mass is 226 g/mol. The highest BCUT2D eigenvalue weighted by molar-refractivity contribution is 5.81. The van der Waals surface area contributed by atoms with Gasteiger partial charge in [-0.15, -0.1) is 0 Å². The lowest BCUT2D eigenvalue weighted by atomic mass is 9.85. The van der Waals surface area contributed by atoms with Crippen molar-refractivity contribution in [2.24, 2.45) is 5.92 Å². The van der Waals surface area contributed by atoms with Gasteiger partial charge in [0.1, 0.15) is 5.54 Å². The zero-order chi connectivity index (χ0) is 11.6. The topological polar surface area (TPSA) is 41.6 Å². The number of rotatable bonds is 2. The van der Waals surface area contributed by atoms with Gasteiger partial charge in [0.2, 0.25) is 0 Å². The third-order valence-electron chi connectivity index (χ3n) is 4.23. The summed E-state index contributed by atoms with van der Waals surface area (Å²) >= 11 is 0. The second-order valence-corrected chi connectivity index (χ2v) is 4.95. The van der Waals surface area contributed by atoms with Crippen LogP contribution in [0.25, 0.3) is 0 Å². The van der Waals surface area contributed by atoms with Gasteiger partial charge in [-0.1, -0.05) is 13.3 Å². The quantitative estimate of drug-likeness (QED) is 0.701. The summed E-state index contributed by atoms with van der Waals surface area (Å²) in [7, 11) is 1.51. The molecule has 0 bridgehead atoms. The SMILES string of the molecule is COC(=O)C1(N2CCNCC2)CCCC1C. The van der Waals surface area contributed by atoms with Gasteiger partial charge in [0.25, 0.3) is 0 Å². The fraction of sp³-hybridized carbons (Fsp3) is 0.917. The summed E-state index contributed by atoms with van der Waals surface area (Å²) in [6.45, 7) is 6.06. The molecule has 0 aromatic heterocycles. The van der Waals surface area contributed by atoms with Crippen LogP contribution in [-0.4, -0.2) is 49.7 Å². The van der Waals surface area contributed by atoms with E-state index in [9.17, 15) is 4.79 Å². The first-order valence-electron chi connectivity index (χ1n) is 6.26. The molecule has 16 heavy (non-hydrogen) atoms. The Kier molecular flexibility index (Phi) is 3.50. The van der Waals surface area contributed by atoms with Crippen molar-refractivity contribution in [1.82, 2.24) is 10.2 Å². The van der Waals surface area contributed by atoms with Crippen LogP contribution in [0.1, 0.15) is 26.2 Å². The highest BCUT2D eigenvalue weighted by Crippen LogP contribution is 2.41. The molecule has 1 aliphatic heterocycles. The number of carbonyl (C=O) groups excluding carboxylic acids is 1. The number of esters is 1. The Balaban J connectivity index is 2.22. The van der Waals surface area contributed by atoms with Crippen molar-refractivity contribution in [2.45, 2.75) is 31.7 Å². The minimum Gasteiger partial charge on any atom is -0.468 e. The van der Waals surface area contributed by atoms with E-state index in [0.717, 1.165) is 45.4 Å². The molecular weight excluding hydrogens is 204 g/mol. The Labute approximate surface area is 97.3 Å². The molecule has 4 nitrogen and oxygen atoms in total. The molecule has 4 heteroatoms. The van der Waals surface area contributed by atoms with Crippen LogP contribution in [0.2, 0.25) is 0 Å². The van der Waals surface area contributed by atoms with Crippen molar-refractivity contribution in [3.63, 3.8) is 0 Å². The van der Waals surface area contributed by atoms with Crippen molar-refractivity contribution in [2.75, 3.05) is 33.3 Å². The molecule has 2 unspecified atom stereocenters. The van der Waals surface area contributed by atoms with Crippen molar-refractivity contribution < 1.29 is 9.53 Å². The zero-order valence-electron chi connectivity index (χ0n) is 10.3. The minimum atomic E-state index is -0.336. The Morgan fingerprint density at radius 3 is 2.62 bits per heavy atom. The van der Waals surface area contributed by atoms with E-state index in [1.54, 1.807) is 0 Å². The molecular formula is C12H22N2O2. The van der Waals surface area contributed by atoms with E-state index in [1.165, 1.54) is 7.11 Å². The van der Waals surface area contributed by atoms with Crippen LogP contribution in [-0.2, 0) is 9.53 Å².